The first-order chi connectivity index (χ1) is 5.25. The highest BCUT2D eigenvalue weighted by molar-refractivity contribution is 4.96. The standard InChI is InChI=1S/C7H13N3O/c1-3-5(2)7(11)6-4-8-10-9-6/h4-5,7,11H,3H2,1-2H3,(H,8,9,10). The zero-order valence-electron chi connectivity index (χ0n) is 6.78. The minimum Gasteiger partial charge on any atom is -0.386 e. The van der Waals surface area contributed by atoms with Crippen molar-refractivity contribution in [3.05, 3.63) is 11.9 Å². The molecular weight excluding hydrogens is 142 g/mol. The highest BCUT2D eigenvalue weighted by atomic mass is 16.3. The van der Waals surface area contributed by atoms with Gasteiger partial charge in [0.05, 0.1) is 6.20 Å². The van der Waals surface area contributed by atoms with E-state index in [1.807, 2.05) is 13.8 Å². The molecule has 0 aliphatic heterocycles. The number of H-pyrrole nitrogens is 1. The van der Waals surface area contributed by atoms with Crippen molar-refractivity contribution in [3.8, 4) is 0 Å². The van der Waals surface area contributed by atoms with Gasteiger partial charge in [-0.2, -0.15) is 15.4 Å². The maximum absolute atomic E-state index is 9.56. The van der Waals surface area contributed by atoms with Crippen LogP contribution >= 0.6 is 0 Å². The number of hydrogen-bond acceptors (Lipinski definition) is 3. The number of aliphatic hydroxyl groups excluding tert-OH is 1. The van der Waals surface area contributed by atoms with E-state index in [-0.39, 0.29) is 5.92 Å². The molecule has 4 heteroatoms. The molecule has 0 radical (unpaired) electrons. The van der Waals surface area contributed by atoms with Gasteiger partial charge in [-0.15, -0.1) is 0 Å². The summed E-state index contributed by atoms with van der Waals surface area (Å²) in [6, 6.07) is 0. The summed E-state index contributed by atoms with van der Waals surface area (Å²) in [4.78, 5) is 0. The summed E-state index contributed by atoms with van der Waals surface area (Å²) >= 11 is 0. The van der Waals surface area contributed by atoms with Gasteiger partial charge in [0.15, 0.2) is 0 Å². The quantitative estimate of drug-likeness (QED) is 0.681. The van der Waals surface area contributed by atoms with Gasteiger partial charge in [-0.05, 0) is 5.92 Å². The SMILES string of the molecule is CCC(C)C(O)c1cn[nH]n1. The Morgan fingerprint density at radius 1 is 1.73 bits per heavy atom. The van der Waals surface area contributed by atoms with Gasteiger partial charge in [-0.25, -0.2) is 0 Å². The molecule has 4 nitrogen and oxygen atoms in total. The predicted molar refractivity (Wildman–Crippen MR) is 40.8 cm³/mol. The summed E-state index contributed by atoms with van der Waals surface area (Å²) in [5, 5.41) is 19.4. The lowest BCUT2D eigenvalue weighted by Gasteiger charge is -2.13. The van der Waals surface area contributed by atoms with Crippen LogP contribution in [0.5, 0.6) is 0 Å². The van der Waals surface area contributed by atoms with Crippen LogP contribution in [-0.2, 0) is 0 Å². The number of rotatable bonds is 3. The van der Waals surface area contributed by atoms with Crippen molar-refractivity contribution in [2.45, 2.75) is 26.4 Å². The molecule has 0 aromatic carbocycles. The van der Waals surface area contributed by atoms with E-state index < -0.39 is 6.10 Å². The minimum absolute atomic E-state index is 0.236. The average Bonchev–Trinajstić information content (AvgIpc) is 2.53. The fourth-order valence-electron chi connectivity index (χ4n) is 0.868. The molecule has 0 amide bonds. The molecule has 0 bridgehead atoms. The van der Waals surface area contributed by atoms with E-state index in [0.717, 1.165) is 6.42 Å². The summed E-state index contributed by atoms with van der Waals surface area (Å²) in [5.41, 5.74) is 0.624. The van der Waals surface area contributed by atoms with E-state index in [4.69, 9.17) is 0 Å². The third-order valence-electron chi connectivity index (χ3n) is 1.92. The van der Waals surface area contributed by atoms with Gasteiger partial charge in [0.1, 0.15) is 11.8 Å². The van der Waals surface area contributed by atoms with Crippen molar-refractivity contribution in [3.63, 3.8) is 0 Å². The van der Waals surface area contributed by atoms with Crippen LogP contribution in [0.1, 0.15) is 32.1 Å². The van der Waals surface area contributed by atoms with Crippen LogP contribution in [0.2, 0.25) is 0 Å². The normalized spacial score (nSPS) is 16.3. The average molecular weight is 155 g/mol. The van der Waals surface area contributed by atoms with Crippen LogP contribution in [0, 0.1) is 5.92 Å². The molecular formula is C7H13N3O. The Balaban J connectivity index is 2.62. The van der Waals surface area contributed by atoms with Crippen LogP contribution in [0.4, 0.5) is 0 Å². The molecule has 2 N–H and O–H groups in total. The van der Waals surface area contributed by atoms with Gasteiger partial charge < -0.3 is 5.11 Å². The Morgan fingerprint density at radius 3 is 2.91 bits per heavy atom. The van der Waals surface area contributed by atoms with Gasteiger partial charge in [0, 0.05) is 0 Å². The van der Waals surface area contributed by atoms with E-state index in [0.29, 0.717) is 5.69 Å². The number of aliphatic hydroxyl groups is 1. The van der Waals surface area contributed by atoms with Crippen molar-refractivity contribution < 1.29 is 5.11 Å². The van der Waals surface area contributed by atoms with Crippen LogP contribution in [-0.4, -0.2) is 20.5 Å². The van der Waals surface area contributed by atoms with Gasteiger partial charge in [0.2, 0.25) is 0 Å². The molecule has 0 saturated carbocycles. The highest BCUT2D eigenvalue weighted by Crippen LogP contribution is 2.20. The summed E-state index contributed by atoms with van der Waals surface area (Å²) in [6.07, 6.45) is 2.00. The van der Waals surface area contributed by atoms with Crippen LogP contribution in [0.15, 0.2) is 6.20 Å². The van der Waals surface area contributed by atoms with Crippen molar-refractivity contribution in [2.24, 2.45) is 5.92 Å². The zero-order valence-corrected chi connectivity index (χ0v) is 6.78. The first-order valence-electron chi connectivity index (χ1n) is 3.79. The summed E-state index contributed by atoms with van der Waals surface area (Å²) in [7, 11) is 0. The van der Waals surface area contributed by atoms with Crippen LogP contribution < -0.4 is 0 Å². The molecule has 2 unspecified atom stereocenters. The fourth-order valence-corrected chi connectivity index (χ4v) is 0.868. The van der Waals surface area contributed by atoms with Crippen molar-refractivity contribution >= 4 is 0 Å². The largest absolute Gasteiger partial charge is 0.386 e. The zero-order chi connectivity index (χ0) is 8.27. The smallest absolute Gasteiger partial charge is 0.111 e. The van der Waals surface area contributed by atoms with Gasteiger partial charge in [0.25, 0.3) is 0 Å². The van der Waals surface area contributed by atoms with Crippen LogP contribution in [0.25, 0.3) is 0 Å². The molecule has 1 aromatic heterocycles. The summed E-state index contributed by atoms with van der Waals surface area (Å²) < 4.78 is 0. The van der Waals surface area contributed by atoms with E-state index in [1.165, 1.54) is 0 Å². The van der Waals surface area contributed by atoms with Gasteiger partial charge in [-0.1, -0.05) is 20.3 Å². The molecule has 1 heterocycles. The Labute approximate surface area is 65.6 Å². The van der Waals surface area contributed by atoms with Gasteiger partial charge >= 0.3 is 0 Å². The fraction of sp³-hybridized carbons (Fsp3) is 0.714. The Hall–Kier alpha value is -0.900. The third-order valence-corrected chi connectivity index (χ3v) is 1.92. The Bertz CT molecular complexity index is 197. The predicted octanol–water partition coefficient (Wildman–Crippen LogP) is 0.884. The first-order valence-corrected chi connectivity index (χ1v) is 3.79. The van der Waals surface area contributed by atoms with Crippen molar-refractivity contribution in [1.82, 2.24) is 15.4 Å². The number of nitrogens with zero attached hydrogens (tertiary/aromatic N) is 2. The number of nitrogens with one attached hydrogen (secondary N) is 1. The molecule has 0 fully saturated rings. The van der Waals surface area contributed by atoms with Crippen LogP contribution in [0.3, 0.4) is 0 Å². The van der Waals surface area contributed by atoms with E-state index in [2.05, 4.69) is 15.4 Å². The topological polar surface area (TPSA) is 61.8 Å². The number of hydrogen-bond donors (Lipinski definition) is 2. The molecule has 0 aliphatic rings. The van der Waals surface area contributed by atoms with Crippen molar-refractivity contribution in [2.75, 3.05) is 0 Å². The highest BCUT2D eigenvalue weighted by Gasteiger charge is 2.16. The molecule has 0 saturated heterocycles. The lowest BCUT2D eigenvalue weighted by molar-refractivity contribution is 0.111. The maximum atomic E-state index is 9.56. The first kappa shape index (κ1) is 8.20. The molecule has 0 aliphatic carbocycles. The molecule has 11 heavy (non-hydrogen) atoms. The number of aromatic nitrogens is 3. The van der Waals surface area contributed by atoms with Crippen molar-refractivity contribution in [1.29, 1.82) is 0 Å². The lowest BCUT2D eigenvalue weighted by atomic mass is 10.0. The Morgan fingerprint density at radius 2 is 2.45 bits per heavy atom. The molecule has 2 atom stereocenters. The molecule has 62 valence electrons. The second-order valence-corrected chi connectivity index (χ2v) is 2.73. The minimum atomic E-state index is -0.487. The summed E-state index contributed by atoms with van der Waals surface area (Å²) in [6.45, 7) is 4.02. The Kier molecular flexibility index (Phi) is 2.59. The van der Waals surface area contributed by atoms with E-state index in [9.17, 15) is 5.11 Å². The monoisotopic (exact) mass is 155 g/mol. The summed E-state index contributed by atoms with van der Waals surface area (Å²) in [5.74, 6) is 0.236. The third kappa shape index (κ3) is 1.77. The number of aromatic amines is 1. The second kappa shape index (κ2) is 3.48. The van der Waals surface area contributed by atoms with E-state index in [1.54, 1.807) is 6.20 Å². The lowest BCUT2D eigenvalue weighted by Crippen LogP contribution is -2.08. The maximum Gasteiger partial charge on any atom is 0.111 e. The molecule has 1 aromatic rings. The second-order valence-electron chi connectivity index (χ2n) is 2.73. The molecule has 1 rings (SSSR count). The van der Waals surface area contributed by atoms with E-state index >= 15 is 0 Å². The van der Waals surface area contributed by atoms with Gasteiger partial charge in [-0.3, -0.25) is 0 Å². The molecule has 0 spiro atoms.